The van der Waals surface area contributed by atoms with Crippen LogP contribution in [0.3, 0.4) is 0 Å². The molecule has 0 amide bonds. The highest BCUT2D eigenvalue weighted by Gasteiger charge is 2.07. The average Bonchev–Trinajstić information content (AvgIpc) is 3.03. The van der Waals surface area contributed by atoms with Gasteiger partial charge in [0, 0.05) is 12.2 Å². The van der Waals surface area contributed by atoms with Crippen molar-refractivity contribution in [3.63, 3.8) is 0 Å². The van der Waals surface area contributed by atoms with Gasteiger partial charge in [-0.1, -0.05) is 30.3 Å². The lowest BCUT2D eigenvalue weighted by molar-refractivity contribution is 0.194. The maximum absolute atomic E-state index is 5.81. The highest BCUT2D eigenvalue weighted by molar-refractivity contribution is 7.71. The van der Waals surface area contributed by atoms with Crippen LogP contribution in [0.1, 0.15) is 0 Å². The molecular formula is C19H22N4O2S. The fraction of sp³-hybridized carbons (Fsp3) is 0.263. The third-order valence-electron chi connectivity index (χ3n) is 3.94. The Balaban J connectivity index is 1.56. The number of hydrogen-bond donors (Lipinski definition) is 0. The monoisotopic (exact) mass is 370 g/mol. The summed E-state index contributed by atoms with van der Waals surface area (Å²) < 4.78 is 15.5. The van der Waals surface area contributed by atoms with Gasteiger partial charge >= 0.3 is 0 Å². The molecule has 7 heteroatoms. The van der Waals surface area contributed by atoms with E-state index in [1.807, 2.05) is 66.2 Å². The highest BCUT2D eigenvalue weighted by atomic mass is 32.1. The molecule has 0 saturated carbocycles. The van der Waals surface area contributed by atoms with Gasteiger partial charge in [0.25, 0.3) is 0 Å². The molecule has 0 fully saturated rings. The summed E-state index contributed by atoms with van der Waals surface area (Å²) in [5.41, 5.74) is 1.01. The van der Waals surface area contributed by atoms with Crippen molar-refractivity contribution in [2.45, 2.75) is 6.67 Å². The van der Waals surface area contributed by atoms with E-state index in [2.05, 4.69) is 10.00 Å². The van der Waals surface area contributed by atoms with Crippen LogP contribution in [0.4, 0.5) is 0 Å². The predicted molar refractivity (Wildman–Crippen MR) is 104 cm³/mol. The molecule has 0 unspecified atom stereocenters. The lowest BCUT2D eigenvalue weighted by Gasteiger charge is -2.17. The lowest BCUT2D eigenvalue weighted by Crippen LogP contribution is -2.27. The summed E-state index contributed by atoms with van der Waals surface area (Å²) in [6, 6.07) is 17.6. The SMILES string of the molecule is COc1ccccc1OCCN(C)Cn1ncn(-c2ccccc2)c1=S. The first-order valence-corrected chi connectivity index (χ1v) is 8.74. The zero-order valence-electron chi connectivity index (χ0n) is 14.9. The molecule has 0 atom stereocenters. The Morgan fingerprint density at radius 3 is 2.46 bits per heavy atom. The molecule has 26 heavy (non-hydrogen) atoms. The van der Waals surface area contributed by atoms with Gasteiger partial charge in [0.05, 0.1) is 13.8 Å². The number of ether oxygens (including phenoxy) is 2. The van der Waals surface area contributed by atoms with E-state index in [0.29, 0.717) is 18.0 Å². The van der Waals surface area contributed by atoms with Crippen molar-refractivity contribution < 1.29 is 9.47 Å². The largest absolute Gasteiger partial charge is 0.493 e. The maximum atomic E-state index is 5.81. The molecule has 0 aliphatic rings. The van der Waals surface area contributed by atoms with E-state index in [-0.39, 0.29) is 0 Å². The van der Waals surface area contributed by atoms with Gasteiger partial charge in [-0.2, -0.15) is 5.10 Å². The Kier molecular flexibility index (Phi) is 6.04. The van der Waals surface area contributed by atoms with E-state index in [0.717, 1.165) is 23.7 Å². The summed E-state index contributed by atoms with van der Waals surface area (Å²) in [7, 11) is 3.65. The van der Waals surface area contributed by atoms with E-state index in [1.54, 1.807) is 18.1 Å². The Bertz CT molecular complexity index is 892. The van der Waals surface area contributed by atoms with Crippen LogP contribution in [0.2, 0.25) is 0 Å². The molecule has 0 spiro atoms. The van der Waals surface area contributed by atoms with Crippen molar-refractivity contribution in [2.24, 2.45) is 0 Å². The summed E-state index contributed by atoms with van der Waals surface area (Å²) in [4.78, 5) is 2.10. The van der Waals surface area contributed by atoms with Gasteiger partial charge in [-0.25, -0.2) is 4.68 Å². The molecule has 3 rings (SSSR count). The van der Waals surface area contributed by atoms with Gasteiger partial charge in [-0.15, -0.1) is 0 Å². The maximum Gasteiger partial charge on any atom is 0.203 e. The Morgan fingerprint density at radius 1 is 1.04 bits per heavy atom. The van der Waals surface area contributed by atoms with E-state index in [9.17, 15) is 0 Å². The molecule has 0 bridgehead atoms. The zero-order chi connectivity index (χ0) is 18.4. The minimum Gasteiger partial charge on any atom is -0.493 e. The molecule has 0 saturated heterocycles. The molecule has 1 aromatic heterocycles. The Hall–Kier alpha value is -2.64. The van der Waals surface area contributed by atoms with Gasteiger partial charge in [0.1, 0.15) is 12.9 Å². The zero-order valence-corrected chi connectivity index (χ0v) is 15.7. The fourth-order valence-corrected chi connectivity index (χ4v) is 2.81. The number of para-hydroxylation sites is 3. The number of aromatic nitrogens is 3. The first kappa shape index (κ1) is 18.2. The third-order valence-corrected chi connectivity index (χ3v) is 4.35. The van der Waals surface area contributed by atoms with Gasteiger partial charge in [0.15, 0.2) is 11.5 Å². The predicted octanol–water partition coefficient (Wildman–Crippen LogP) is 3.38. The van der Waals surface area contributed by atoms with Gasteiger partial charge in [-0.05, 0) is 43.5 Å². The van der Waals surface area contributed by atoms with E-state index in [4.69, 9.17) is 21.7 Å². The Labute approximate surface area is 158 Å². The van der Waals surface area contributed by atoms with Gasteiger partial charge < -0.3 is 9.47 Å². The molecule has 3 aromatic rings. The van der Waals surface area contributed by atoms with E-state index in [1.165, 1.54) is 0 Å². The smallest absolute Gasteiger partial charge is 0.203 e. The molecule has 0 radical (unpaired) electrons. The van der Waals surface area contributed by atoms with Crippen LogP contribution in [0.5, 0.6) is 11.5 Å². The van der Waals surface area contributed by atoms with Gasteiger partial charge in [0.2, 0.25) is 4.77 Å². The Morgan fingerprint density at radius 2 is 1.73 bits per heavy atom. The second-order valence-electron chi connectivity index (χ2n) is 5.84. The third kappa shape index (κ3) is 4.30. The van der Waals surface area contributed by atoms with Crippen LogP contribution in [0, 0.1) is 4.77 Å². The van der Waals surface area contributed by atoms with Crippen molar-refractivity contribution in [2.75, 3.05) is 27.3 Å². The van der Waals surface area contributed by atoms with Crippen molar-refractivity contribution >= 4 is 12.2 Å². The van der Waals surface area contributed by atoms with Crippen molar-refractivity contribution in [1.82, 2.24) is 19.2 Å². The summed E-state index contributed by atoms with van der Waals surface area (Å²) in [6.07, 6.45) is 1.75. The topological polar surface area (TPSA) is 44.5 Å². The molecule has 136 valence electrons. The second-order valence-corrected chi connectivity index (χ2v) is 6.20. The summed E-state index contributed by atoms with van der Waals surface area (Å²) >= 11 is 5.54. The number of nitrogens with zero attached hydrogens (tertiary/aromatic N) is 4. The minimum absolute atomic E-state index is 0.545. The normalized spacial score (nSPS) is 10.9. The van der Waals surface area contributed by atoms with Crippen LogP contribution >= 0.6 is 12.2 Å². The highest BCUT2D eigenvalue weighted by Crippen LogP contribution is 2.25. The quantitative estimate of drug-likeness (QED) is 0.569. The number of rotatable bonds is 8. The molecule has 0 N–H and O–H groups in total. The lowest BCUT2D eigenvalue weighted by atomic mass is 10.3. The van der Waals surface area contributed by atoms with Crippen LogP contribution in [0.15, 0.2) is 60.9 Å². The van der Waals surface area contributed by atoms with Crippen LogP contribution < -0.4 is 9.47 Å². The first-order valence-electron chi connectivity index (χ1n) is 8.33. The second kappa shape index (κ2) is 8.64. The number of benzene rings is 2. The number of methoxy groups -OCH3 is 1. The van der Waals surface area contributed by atoms with E-state index < -0.39 is 0 Å². The molecule has 0 aliphatic heterocycles. The van der Waals surface area contributed by atoms with Crippen LogP contribution in [-0.4, -0.2) is 46.6 Å². The summed E-state index contributed by atoms with van der Waals surface area (Å²) in [5, 5.41) is 4.40. The first-order chi connectivity index (χ1) is 12.7. The molecule has 6 nitrogen and oxygen atoms in total. The molecule has 0 aliphatic carbocycles. The van der Waals surface area contributed by atoms with E-state index >= 15 is 0 Å². The van der Waals surface area contributed by atoms with Crippen LogP contribution in [0.25, 0.3) is 5.69 Å². The molecule has 2 aromatic carbocycles. The van der Waals surface area contributed by atoms with Gasteiger partial charge in [-0.3, -0.25) is 9.47 Å². The van der Waals surface area contributed by atoms with Crippen LogP contribution in [-0.2, 0) is 6.67 Å². The summed E-state index contributed by atoms with van der Waals surface area (Å²) in [5.74, 6) is 1.48. The molecule has 1 heterocycles. The minimum atomic E-state index is 0.545. The fourth-order valence-electron chi connectivity index (χ4n) is 2.55. The molecular weight excluding hydrogens is 348 g/mol. The van der Waals surface area contributed by atoms with Crippen molar-refractivity contribution in [1.29, 1.82) is 0 Å². The average molecular weight is 370 g/mol. The summed E-state index contributed by atoms with van der Waals surface area (Å²) in [6.45, 7) is 1.87. The number of hydrogen-bond acceptors (Lipinski definition) is 5. The van der Waals surface area contributed by atoms with Crippen molar-refractivity contribution in [3.8, 4) is 17.2 Å². The number of likely N-dealkylation sites (N-methyl/N-ethyl adjacent to an activating group) is 1. The standard InChI is InChI=1S/C19H22N4O2S/c1-21(12-13-25-18-11-7-6-10-17(18)24-2)15-23-19(26)22(14-20-23)16-8-4-3-5-9-16/h3-11,14H,12-13,15H2,1-2H3. The van der Waals surface area contributed by atoms with Crippen molar-refractivity contribution in [3.05, 3.63) is 65.7 Å².